The predicted molar refractivity (Wildman–Crippen MR) is 76.8 cm³/mol. The number of rotatable bonds is 4. The predicted octanol–water partition coefficient (Wildman–Crippen LogP) is 2.19. The Morgan fingerprint density at radius 1 is 1.40 bits per heavy atom. The van der Waals surface area contributed by atoms with E-state index < -0.39 is 10.0 Å². The number of hydrogen-bond acceptors (Lipinski definition) is 4. The summed E-state index contributed by atoms with van der Waals surface area (Å²) in [4.78, 5) is 0.131. The summed E-state index contributed by atoms with van der Waals surface area (Å²) in [6, 6.07) is 4.66. The molecule has 1 N–H and O–H groups in total. The molecule has 0 atom stereocenters. The Kier molecular flexibility index (Phi) is 3.92. The Morgan fingerprint density at radius 3 is 2.60 bits per heavy atom. The third kappa shape index (κ3) is 2.88. The van der Waals surface area contributed by atoms with Gasteiger partial charge in [0, 0.05) is 13.2 Å². The lowest BCUT2D eigenvalue weighted by atomic mass is 10.3. The van der Waals surface area contributed by atoms with Crippen molar-refractivity contribution in [2.45, 2.75) is 11.8 Å². The summed E-state index contributed by atoms with van der Waals surface area (Å²) in [7, 11) is -0.539. The minimum absolute atomic E-state index is 0.131. The van der Waals surface area contributed by atoms with Gasteiger partial charge in [-0.2, -0.15) is 5.10 Å². The number of ether oxygens (including phenoxy) is 1. The number of aryl methyl sites for hydroxylation is 2. The maximum absolute atomic E-state index is 12.3. The van der Waals surface area contributed by atoms with E-state index in [4.69, 9.17) is 16.3 Å². The van der Waals surface area contributed by atoms with Crippen molar-refractivity contribution in [3.8, 4) is 5.75 Å². The van der Waals surface area contributed by atoms with E-state index in [1.54, 1.807) is 26.1 Å². The first-order valence-electron chi connectivity index (χ1n) is 5.70. The highest BCUT2D eigenvalue weighted by molar-refractivity contribution is 7.92. The highest BCUT2D eigenvalue weighted by atomic mass is 35.5. The second kappa shape index (κ2) is 5.34. The quantitative estimate of drug-likeness (QED) is 0.938. The van der Waals surface area contributed by atoms with E-state index in [1.807, 2.05) is 0 Å². The first-order chi connectivity index (χ1) is 9.33. The molecule has 8 heteroatoms. The monoisotopic (exact) mass is 315 g/mol. The van der Waals surface area contributed by atoms with E-state index in [0.29, 0.717) is 22.2 Å². The molecule has 2 aromatic rings. The lowest BCUT2D eigenvalue weighted by Gasteiger charge is -2.09. The highest BCUT2D eigenvalue weighted by Gasteiger charge is 2.20. The van der Waals surface area contributed by atoms with Crippen LogP contribution in [0.3, 0.4) is 0 Å². The summed E-state index contributed by atoms with van der Waals surface area (Å²) < 4.78 is 33.4. The summed E-state index contributed by atoms with van der Waals surface area (Å²) in [5, 5.41) is 4.34. The summed E-state index contributed by atoms with van der Waals surface area (Å²) in [5.74, 6) is 0.479. The molecule has 6 nitrogen and oxygen atoms in total. The van der Waals surface area contributed by atoms with Gasteiger partial charge in [0.25, 0.3) is 10.0 Å². The first-order valence-corrected chi connectivity index (χ1v) is 7.56. The van der Waals surface area contributed by atoms with Gasteiger partial charge in [-0.1, -0.05) is 11.6 Å². The second-order valence-corrected chi connectivity index (χ2v) is 6.27. The molecule has 1 aromatic carbocycles. The molecule has 0 saturated heterocycles. The summed E-state index contributed by atoms with van der Waals surface area (Å²) in [6.07, 6.45) is 1.45. The van der Waals surface area contributed by atoms with E-state index in [0.717, 1.165) is 0 Å². The summed E-state index contributed by atoms with van der Waals surface area (Å²) in [6.45, 7) is 1.63. The van der Waals surface area contributed by atoms with Crippen molar-refractivity contribution < 1.29 is 13.2 Å². The molecule has 0 spiro atoms. The van der Waals surface area contributed by atoms with Crippen molar-refractivity contribution in [3.05, 3.63) is 35.1 Å². The number of aromatic nitrogens is 2. The maximum Gasteiger partial charge on any atom is 0.265 e. The Morgan fingerprint density at radius 2 is 2.10 bits per heavy atom. The average molecular weight is 316 g/mol. The van der Waals surface area contributed by atoms with Crippen LogP contribution in [-0.2, 0) is 17.1 Å². The standard InChI is InChI=1S/C12H14ClN3O3S/c1-8-12(7-16(2)14-8)20(17,18)15-9-4-5-11(19-3)10(13)6-9/h4-7,15H,1-3H3. The van der Waals surface area contributed by atoms with Crippen molar-refractivity contribution in [1.82, 2.24) is 9.78 Å². The average Bonchev–Trinajstić information content (AvgIpc) is 2.69. The fourth-order valence-corrected chi connectivity index (χ4v) is 3.31. The molecule has 1 aromatic heterocycles. The van der Waals surface area contributed by atoms with Crippen LogP contribution in [-0.4, -0.2) is 25.3 Å². The fourth-order valence-electron chi connectivity index (χ4n) is 1.78. The molecule has 0 aliphatic heterocycles. The van der Waals surface area contributed by atoms with Crippen LogP contribution in [0.2, 0.25) is 5.02 Å². The highest BCUT2D eigenvalue weighted by Crippen LogP contribution is 2.28. The van der Waals surface area contributed by atoms with Crippen LogP contribution in [0.1, 0.15) is 5.69 Å². The number of sulfonamides is 1. The van der Waals surface area contributed by atoms with Crippen LogP contribution in [0, 0.1) is 6.92 Å². The largest absolute Gasteiger partial charge is 0.495 e. The molecular weight excluding hydrogens is 302 g/mol. The van der Waals surface area contributed by atoms with Gasteiger partial charge >= 0.3 is 0 Å². The van der Waals surface area contributed by atoms with Crippen LogP contribution in [0.15, 0.2) is 29.3 Å². The smallest absolute Gasteiger partial charge is 0.265 e. The number of nitrogens with zero attached hydrogens (tertiary/aromatic N) is 2. The van der Waals surface area contributed by atoms with E-state index in [-0.39, 0.29) is 4.90 Å². The van der Waals surface area contributed by atoms with E-state index >= 15 is 0 Å². The second-order valence-electron chi connectivity index (χ2n) is 4.21. The number of methoxy groups -OCH3 is 1. The van der Waals surface area contributed by atoms with Gasteiger partial charge in [-0.25, -0.2) is 8.42 Å². The SMILES string of the molecule is COc1ccc(NS(=O)(=O)c2cn(C)nc2C)cc1Cl. The number of hydrogen-bond donors (Lipinski definition) is 1. The van der Waals surface area contributed by atoms with Crippen molar-refractivity contribution >= 4 is 27.3 Å². The zero-order chi connectivity index (χ0) is 14.9. The molecule has 0 fully saturated rings. The zero-order valence-corrected chi connectivity index (χ0v) is 12.8. The molecule has 0 aliphatic rings. The number of anilines is 1. The van der Waals surface area contributed by atoms with Gasteiger partial charge in [-0.05, 0) is 25.1 Å². The van der Waals surface area contributed by atoms with Crippen molar-refractivity contribution in [3.63, 3.8) is 0 Å². The topological polar surface area (TPSA) is 73.2 Å². The third-order valence-corrected chi connectivity index (χ3v) is 4.44. The van der Waals surface area contributed by atoms with E-state index in [9.17, 15) is 8.42 Å². The molecule has 0 radical (unpaired) electrons. The summed E-state index contributed by atoms with van der Waals surface area (Å²) in [5.41, 5.74) is 0.790. The number of benzene rings is 1. The lowest BCUT2D eigenvalue weighted by Crippen LogP contribution is -2.13. The minimum atomic E-state index is -3.69. The van der Waals surface area contributed by atoms with Gasteiger partial charge in [0.2, 0.25) is 0 Å². The zero-order valence-electron chi connectivity index (χ0n) is 11.2. The van der Waals surface area contributed by atoms with Crippen LogP contribution in [0.25, 0.3) is 0 Å². The maximum atomic E-state index is 12.3. The molecule has 0 bridgehead atoms. The summed E-state index contributed by atoms with van der Waals surface area (Å²) >= 11 is 5.96. The molecular formula is C12H14ClN3O3S. The van der Waals surface area contributed by atoms with Gasteiger partial charge in [0.05, 0.1) is 23.5 Å². The van der Waals surface area contributed by atoms with Crippen LogP contribution in [0.4, 0.5) is 5.69 Å². The van der Waals surface area contributed by atoms with Gasteiger partial charge in [0.15, 0.2) is 0 Å². The van der Waals surface area contributed by atoms with Crippen LogP contribution < -0.4 is 9.46 Å². The van der Waals surface area contributed by atoms with E-state index in [1.165, 1.54) is 24.1 Å². The third-order valence-electron chi connectivity index (χ3n) is 2.66. The minimum Gasteiger partial charge on any atom is -0.495 e. The molecule has 0 amide bonds. The van der Waals surface area contributed by atoms with Gasteiger partial charge < -0.3 is 4.74 Å². The first kappa shape index (κ1) is 14.7. The van der Waals surface area contributed by atoms with Crippen molar-refractivity contribution in [2.75, 3.05) is 11.8 Å². The molecule has 108 valence electrons. The Balaban J connectivity index is 2.33. The van der Waals surface area contributed by atoms with Gasteiger partial charge in [0.1, 0.15) is 10.6 Å². The Hall–Kier alpha value is -1.73. The Labute approximate surface area is 122 Å². The van der Waals surface area contributed by atoms with E-state index in [2.05, 4.69) is 9.82 Å². The molecule has 2 rings (SSSR count). The number of nitrogens with one attached hydrogen (secondary N) is 1. The molecule has 20 heavy (non-hydrogen) atoms. The van der Waals surface area contributed by atoms with Crippen molar-refractivity contribution in [2.24, 2.45) is 7.05 Å². The molecule has 1 heterocycles. The molecule has 0 saturated carbocycles. The lowest BCUT2D eigenvalue weighted by molar-refractivity contribution is 0.415. The molecule has 0 aliphatic carbocycles. The normalized spacial score (nSPS) is 11.4. The Bertz CT molecular complexity index is 740. The van der Waals surface area contributed by atoms with Gasteiger partial charge in [-0.15, -0.1) is 0 Å². The van der Waals surface area contributed by atoms with Crippen molar-refractivity contribution in [1.29, 1.82) is 0 Å². The van der Waals surface area contributed by atoms with Gasteiger partial charge in [-0.3, -0.25) is 9.40 Å². The number of halogens is 1. The fraction of sp³-hybridized carbons (Fsp3) is 0.250. The molecule has 0 unspecified atom stereocenters. The van der Waals surface area contributed by atoms with Crippen LogP contribution >= 0.6 is 11.6 Å². The van der Waals surface area contributed by atoms with Crippen LogP contribution in [0.5, 0.6) is 5.75 Å².